The first-order valence-electron chi connectivity index (χ1n) is 5.77. The van der Waals surface area contributed by atoms with E-state index in [2.05, 4.69) is 0 Å². The summed E-state index contributed by atoms with van der Waals surface area (Å²) < 4.78 is 10.4. The van der Waals surface area contributed by atoms with E-state index in [4.69, 9.17) is 15.2 Å². The second-order valence-corrected chi connectivity index (χ2v) is 3.96. The maximum absolute atomic E-state index is 10.3. The predicted octanol–water partition coefficient (Wildman–Crippen LogP) is 1.72. The van der Waals surface area contributed by atoms with Crippen molar-refractivity contribution in [1.29, 1.82) is 0 Å². The SMILES string of the molecule is CCC(CN)C(O)c1cc(OC)ccc1OC. The third-order valence-corrected chi connectivity index (χ3v) is 3.03. The normalized spacial score (nSPS) is 14.2. The van der Waals surface area contributed by atoms with Crippen molar-refractivity contribution >= 4 is 0 Å². The highest BCUT2D eigenvalue weighted by Crippen LogP contribution is 2.33. The molecule has 96 valence electrons. The number of hydrogen-bond donors (Lipinski definition) is 2. The molecule has 2 unspecified atom stereocenters. The monoisotopic (exact) mass is 239 g/mol. The molecule has 0 aromatic heterocycles. The molecule has 0 fully saturated rings. The van der Waals surface area contributed by atoms with Crippen LogP contribution in [0.25, 0.3) is 0 Å². The molecule has 0 spiro atoms. The lowest BCUT2D eigenvalue weighted by atomic mass is 9.93. The average molecular weight is 239 g/mol. The summed E-state index contributed by atoms with van der Waals surface area (Å²) in [4.78, 5) is 0. The molecule has 1 rings (SSSR count). The van der Waals surface area contributed by atoms with Gasteiger partial charge in [-0.25, -0.2) is 0 Å². The standard InChI is InChI=1S/C13H21NO3/c1-4-9(8-14)13(15)11-7-10(16-2)5-6-12(11)17-3/h5-7,9,13,15H,4,8,14H2,1-3H3. The number of benzene rings is 1. The van der Waals surface area contributed by atoms with Gasteiger partial charge in [0.15, 0.2) is 0 Å². The lowest BCUT2D eigenvalue weighted by Gasteiger charge is -2.22. The zero-order valence-electron chi connectivity index (χ0n) is 10.6. The molecule has 2 atom stereocenters. The lowest BCUT2D eigenvalue weighted by molar-refractivity contribution is 0.107. The van der Waals surface area contributed by atoms with Gasteiger partial charge in [-0.2, -0.15) is 0 Å². The average Bonchev–Trinajstić information content (AvgIpc) is 2.39. The predicted molar refractivity (Wildman–Crippen MR) is 67.3 cm³/mol. The van der Waals surface area contributed by atoms with Crippen molar-refractivity contribution in [3.8, 4) is 11.5 Å². The van der Waals surface area contributed by atoms with Gasteiger partial charge in [-0.3, -0.25) is 0 Å². The fraction of sp³-hybridized carbons (Fsp3) is 0.538. The maximum atomic E-state index is 10.3. The van der Waals surface area contributed by atoms with Gasteiger partial charge in [0.2, 0.25) is 0 Å². The van der Waals surface area contributed by atoms with Gasteiger partial charge in [0.05, 0.1) is 20.3 Å². The fourth-order valence-electron chi connectivity index (χ4n) is 1.84. The molecule has 1 aromatic rings. The summed E-state index contributed by atoms with van der Waals surface area (Å²) in [6.45, 7) is 2.45. The first-order valence-corrected chi connectivity index (χ1v) is 5.77. The highest BCUT2D eigenvalue weighted by molar-refractivity contribution is 5.41. The third kappa shape index (κ3) is 3.11. The minimum atomic E-state index is -0.630. The van der Waals surface area contributed by atoms with Crippen LogP contribution >= 0.6 is 0 Å². The molecule has 0 saturated carbocycles. The van der Waals surface area contributed by atoms with Gasteiger partial charge in [0.1, 0.15) is 11.5 Å². The summed E-state index contributed by atoms with van der Waals surface area (Å²) in [5.74, 6) is 1.38. The second kappa shape index (κ2) is 6.47. The highest BCUT2D eigenvalue weighted by Gasteiger charge is 2.21. The largest absolute Gasteiger partial charge is 0.497 e. The van der Waals surface area contributed by atoms with Crippen LogP contribution in [-0.2, 0) is 0 Å². The Morgan fingerprint density at radius 3 is 2.47 bits per heavy atom. The number of rotatable bonds is 6. The summed E-state index contributed by atoms with van der Waals surface area (Å²) in [6.07, 6.45) is 0.188. The van der Waals surface area contributed by atoms with E-state index in [1.165, 1.54) is 0 Å². The first-order chi connectivity index (χ1) is 8.17. The lowest BCUT2D eigenvalue weighted by Crippen LogP contribution is -2.21. The van der Waals surface area contributed by atoms with Crippen molar-refractivity contribution in [1.82, 2.24) is 0 Å². The molecule has 17 heavy (non-hydrogen) atoms. The van der Waals surface area contributed by atoms with Gasteiger partial charge in [-0.05, 0) is 31.2 Å². The van der Waals surface area contributed by atoms with Gasteiger partial charge in [-0.15, -0.1) is 0 Å². The van der Waals surface area contributed by atoms with E-state index in [1.54, 1.807) is 32.4 Å². The zero-order chi connectivity index (χ0) is 12.8. The Bertz CT molecular complexity index is 351. The van der Waals surface area contributed by atoms with Crippen molar-refractivity contribution in [2.75, 3.05) is 20.8 Å². The van der Waals surface area contributed by atoms with Crippen LogP contribution in [0.2, 0.25) is 0 Å². The molecule has 0 aliphatic rings. The molecule has 1 aromatic carbocycles. The van der Waals surface area contributed by atoms with E-state index in [-0.39, 0.29) is 5.92 Å². The topological polar surface area (TPSA) is 64.7 Å². The van der Waals surface area contributed by atoms with Crippen LogP contribution in [0.3, 0.4) is 0 Å². The number of ether oxygens (including phenoxy) is 2. The Kier molecular flexibility index (Phi) is 5.25. The van der Waals surface area contributed by atoms with Crippen LogP contribution in [0.5, 0.6) is 11.5 Å². The molecule has 3 N–H and O–H groups in total. The van der Waals surface area contributed by atoms with Crippen LogP contribution < -0.4 is 15.2 Å². The Labute approximate surface area is 102 Å². The van der Waals surface area contributed by atoms with Crippen molar-refractivity contribution in [2.24, 2.45) is 11.7 Å². The molecular weight excluding hydrogens is 218 g/mol. The van der Waals surface area contributed by atoms with E-state index in [1.807, 2.05) is 6.92 Å². The summed E-state index contributed by atoms with van der Waals surface area (Å²) in [5, 5.41) is 10.3. The van der Waals surface area contributed by atoms with Crippen LogP contribution in [0.15, 0.2) is 18.2 Å². The van der Waals surface area contributed by atoms with Gasteiger partial charge in [0, 0.05) is 11.5 Å². The van der Waals surface area contributed by atoms with E-state index in [0.29, 0.717) is 18.0 Å². The summed E-state index contributed by atoms with van der Waals surface area (Å²) in [6, 6.07) is 5.39. The van der Waals surface area contributed by atoms with E-state index in [9.17, 15) is 5.11 Å². The molecule has 4 nitrogen and oxygen atoms in total. The molecule has 0 radical (unpaired) electrons. The van der Waals surface area contributed by atoms with Crippen molar-refractivity contribution in [3.63, 3.8) is 0 Å². The Morgan fingerprint density at radius 1 is 1.29 bits per heavy atom. The van der Waals surface area contributed by atoms with Crippen molar-refractivity contribution < 1.29 is 14.6 Å². The number of nitrogens with two attached hydrogens (primary N) is 1. The van der Waals surface area contributed by atoms with E-state index >= 15 is 0 Å². The number of methoxy groups -OCH3 is 2. The Hall–Kier alpha value is -1.26. The Morgan fingerprint density at radius 2 is 2.00 bits per heavy atom. The first kappa shape index (κ1) is 13.8. The van der Waals surface area contributed by atoms with Gasteiger partial charge in [0.25, 0.3) is 0 Å². The van der Waals surface area contributed by atoms with Crippen LogP contribution in [0.1, 0.15) is 25.0 Å². The molecule has 0 aliphatic carbocycles. The minimum Gasteiger partial charge on any atom is -0.497 e. The van der Waals surface area contributed by atoms with Crippen LogP contribution in [-0.4, -0.2) is 25.9 Å². The van der Waals surface area contributed by atoms with E-state index in [0.717, 1.165) is 12.0 Å². The summed E-state index contributed by atoms with van der Waals surface area (Å²) in [7, 11) is 3.18. The number of hydrogen-bond acceptors (Lipinski definition) is 4. The molecular formula is C13H21NO3. The quantitative estimate of drug-likeness (QED) is 0.793. The van der Waals surface area contributed by atoms with Crippen molar-refractivity contribution in [2.45, 2.75) is 19.4 Å². The van der Waals surface area contributed by atoms with E-state index < -0.39 is 6.10 Å². The molecule has 4 heteroatoms. The molecule has 0 amide bonds. The fourth-order valence-corrected chi connectivity index (χ4v) is 1.84. The van der Waals surface area contributed by atoms with Gasteiger partial charge in [-0.1, -0.05) is 6.92 Å². The van der Waals surface area contributed by atoms with Gasteiger partial charge < -0.3 is 20.3 Å². The van der Waals surface area contributed by atoms with Crippen molar-refractivity contribution in [3.05, 3.63) is 23.8 Å². The van der Waals surface area contributed by atoms with Crippen LogP contribution in [0, 0.1) is 5.92 Å². The third-order valence-electron chi connectivity index (χ3n) is 3.03. The number of aliphatic hydroxyl groups is 1. The number of aliphatic hydroxyl groups excluding tert-OH is 1. The smallest absolute Gasteiger partial charge is 0.124 e. The molecule has 0 aliphatic heterocycles. The molecule has 0 heterocycles. The Balaban J connectivity index is 3.08. The maximum Gasteiger partial charge on any atom is 0.124 e. The van der Waals surface area contributed by atoms with Crippen LogP contribution in [0.4, 0.5) is 0 Å². The summed E-state index contributed by atoms with van der Waals surface area (Å²) in [5.41, 5.74) is 6.38. The minimum absolute atomic E-state index is 0.0241. The molecule has 0 saturated heterocycles. The second-order valence-electron chi connectivity index (χ2n) is 3.96. The molecule has 0 bridgehead atoms. The van der Waals surface area contributed by atoms with Gasteiger partial charge >= 0.3 is 0 Å². The summed E-state index contributed by atoms with van der Waals surface area (Å²) >= 11 is 0. The zero-order valence-corrected chi connectivity index (χ0v) is 10.6. The highest BCUT2D eigenvalue weighted by atomic mass is 16.5.